The average Bonchev–Trinajstić information content (AvgIpc) is 2.47. The van der Waals surface area contributed by atoms with E-state index in [4.69, 9.17) is 4.74 Å². The summed E-state index contributed by atoms with van der Waals surface area (Å²) in [7, 11) is 0. The second kappa shape index (κ2) is 8.08. The molecule has 1 N–H and O–H groups in total. The van der Waals surface area contributed by atoms with Gasteiger partial charge >= 0.3 is 0 Å². The number of hydrogen-bond donors (Lipinski definition) is 1. The van der Waals surface area contributed by atoms with Crippen molar-refractivity contribution in [2.24, 2.45) is 5.92 Å². The van der Waals surface area contributed by atoms with E-state index in [1.165, 1.54) is 44.2 Å². The Bertz CT molecular complexity index is 358. The number of unbranched alkanes of at least 4 members (excludes halogenated alkanes) is 1. The summed E-state index contributed by atoms with van der Waals surface area (Å²) in [6.07, 6.45) is 9.33. The van der Waals surface area contributed by atoms with E-state index in [0.717, 1.165) is 31.2 Å². The second-order valence-corrected chi connectivity index (χ2v) is 5.61. The molecule has 0 heterocycles. The van der Waals surface area contributed by atoms with Gasteiger partial charge in [-0.15, -0.1) is 0 Å². The fourth-order valence-corrected chi connectivity index (χ4v) is 2.68. The van der Waals surface area contributed by atoms with E-state index in [0.29, 0.717) is 0 Å². The van der Waals surface area contributed by atoms with Crippen LogP contribution >= 0.6 is 0 Å². The molecule has 1 aromatic rings. The highest BCUT2D eigenvalue weighted by Crippen LogP contribution is 2.24. The van der Waals surface area contributed by atoms with E-state index < -0.39 is 0 Å². The predicted octanol–water partition coefficient (Wildman–Crippen LogP) is 4.86. The predicted molar refractivity (Wildman–Crippen MR) is 81.9 cm³/mol. The molecular formula is C17H27NO. The van der Waals surface area contributed by atoms with Gasteiger partial charge in [-0.1, -0.05) is 38.7 Å². The molecule has 1 fully saturated rings. The van der Waals surface area contributed by atoms with Crippen LogP contribution in [0.4, 0.5) is 5.69 Å². The Balaban J connectivity index is 1.77. The van der Waals surface area contributed by atoms with Crippen molar-refractivity contribution in [1.29, 1.82) is 0 Å². The van der Waals surface area contributed by atoms with Crippen LogP contribution in [0.15, 0.2) is 24.3 Å². The van der Waals surface area contributed by atoms with Gasteiger partial charge in [0.1, 0.15) is 5.75 Å². The standard InChI is InChI=1S/C17H27NO/c1-2-3-12-19-17-11-7-10-16(13-17)18-14-15-8-5-4-6-9-15/h7,10-11,13,15,18H,2-6,8-9,12,14H2,1H3. The second-order valence-electron chi connectivity index (χ2n) is 5.61. The summed E-state index contributed by atoms with van der Waals surface area (Å²) in [5, 5.41) is 3.57. The lowest BCUT2D eigenvalue weighted by Crippen LogP contribution is -2.17. The Kier molecular flexibility index (Phi) is 6.06. The van der Waals surface area contributed by atoms with Crippen molar-refractivity contribution in [3.63, 3.8) is 0 Å². The fraction of sp³-hybridized carbons (Fsp3) is 0.647. The molecule has 106 valence electrons. The van der Waals surface area contributed by atoms with Gasteiger partial charge in [0.25, 0.3) is 0 Å². The van der Waals surface area contributed by atoms with Gasteiger partial charge < -0.3 is 10.1 Å². The third-order valence-electron chi connectivity index (χ3n) is 3.92. The van der Waals surface area contributed by atoms with Crippen LogP contribution in [0.1, 0.15) is 51.9 Å². The molecule has 1 aliphatic rings. The van der Waals surface area contributed by atoms with E-state index >= 15 is 0 Å². The molecule has 0 unspecified atom stereocenters. The van der Waals surface area contributed by atoms with Gasteiger partial charge in [-0.2, -0.15) is 0 Å². The maximum atomic E-state index is 5.74. The minimum absolute atomic E-state index is 0.822. The molecule has 2 nitrogen and oxygen atoms in total. The summed E-state index contributed by atoms with van der Waals surface area (Å²) in [5.74, 6) is 1.85. The molecule has 0 saturated heterocycles. The van der Waals surface area contributed by atoms with Crippen LogP contribution in [0, 0.1) is 5.92 Å². The minimum Gasteiger partial charge on any atom is -0.494 e. The molecule has 1 saturated carbocycles. The molecular weight excluding hydrogens is 234 g/mol. The number of anilines is 1. The SMILES string of the molecule is CCCCOc1cccc(NCC2CCCCC2)c1. The first-order valence-electron chi connectivity index (χ1n) is 7.85. The number of hydrogen-bond acceptors (Lipinski definition) is 2. The number of nitrogens with one attached hydrogen (secondary N) is 1. The fourth-order valence-electron chi connectivity index (χ4n) is 2.68. The molecule has 0 amide bonds. The van der Waals surface area contributed by atoms with Crippen LogP contribution < -0.4 is 10.1 Å². The summed E-state index contributed by atoms with van der Waals surface area (Å²) in [5.41, 5.74) is 1.19. The summed E-state index contributed by atoms with van der Waals surface area (Å²) < 4.78 is 5.74. The molecule has 1 aliphatic carbocycles. The molecule has 0 aromatic heterocycles. The first-order chi connectivity index (χ1) is 9.38. The third-order valence-corrected chi connectivity index (χ3v) is 3.92. The molecule has 0 bridgehead atoms. The summed E-state index contributed by atoms with van der Waals surface area (Å²) >= 11 is 0. The zero-order valence-electron chi connectivity index (χ0n) is 12.2. The zero-order valence-corrected chi connectivity index (χ0v) is 12.2. The largest absolute Gasteiger partial charge is 0.494 e. The van der Waals surface area contributed by atoms with Crippen molar-refractivity contribution >= 4 is 5.69 Å². The zero-order chi connectivity index (χ0) is 13.3. The van der Waals surface area contributed by atoms with Crippen LogP contribution in [0.3, 0.4) is 0 Å². The number of benzene rings is 1. The van der Waals surface area contributed by atoms with Crippen LogP contribution in [0.25, 0.3) is 0 Å². The quantitative estimate of drug-likeness (QED) is 0.708. The highest BCUT2D eigenvalue weighted by atomic mass is 16.5. The van der Waals surface area contributed by atoms with Crippen molar-refractivity contribution in [2.45, 2.75) is 51.9 Å². The first-order valence-corrected chi connectivity index (χ1v) is 7.85. The Labute approximate surface area is 117 Å². The molecule has 0 radical (unpaired) electrons. The number of ether oxygens (including phenoxy) is 1. The van der Waals surface area contributed by atoms with Crippen LogP contribution in [0.5, 0.6) is 5.75 Å². The Morgan fingerprint density at radius 3 is 2.84 bits per heavy atom. The summed E-state index contributed by atoms with van der Waals surface area (Å²) in [6, 6.07) is 8.37. The van der Waals surface area contributed by atoms with Crippen LogP contribution in [-0.2, 0) is 0 Å². The average molecular weight is 261 g/mol. The minimum atomic E-state index is 0.822. The van der Waals surface area contributed by atoms with Gasteiger partial charge in [-0.05, 0) is 37.3 Å². The highest BCUT2D eigenvalue weighted by Gasteiger charge is 2.12. The lowest BCUT2D eigenvalue weighted by atomic mass is 9.89. The Hall–Kier alpha value is -1.18. The highest BCUT2D eigenvalue weighted by molar-refractivity contribution is 5.48. The van der Waals surface area contributed by atoms with Gasteiger partial charge in [0, 0.05) is 18.3 Å². The molecule has 0 atom stereocenters. The number of rotatable bonds is 7. The third kappa shape index (κ3) is 5.14. The lowest BCUT2D eigenvalue weighted by molar-refractivity contribution is 0.309. The Morgan fingerprint density at radius 1 is 1.21 bits per heavy atom. The van der Waals surface area contributed by atoms with E-state index in [1.807, 2.05) is 6.07 Å². The van der Waals surface area contributed by atoms with Crippen molar-refractivity contribution in [3.8, 4) is 5.75 Å². The molecule has 2 rings (SSSR count). The van der Waals surface area contributed by atoms with Gasteiger partial charge in [0.2, 0.25) is 0 Å². The van der Waals surface area contributed by atoms with Gasteiger partial charge in [-0.25, -0.2) is 0 Å². The monoisotopic (exact) mass is 261 g/mol. The van der Waals surface area contributed by atoms with E-state index in [-0.39, 0.29) is 0 Å². The topological polar surface area (TPSA) is 21.3 Å². The van der Waals surface area contributed by atoms with E-state index in [1.54, 1.807) is 0 Å². The maximum Gasteiger partial charge on any atom is 0.121 e. The van der Waals surface area contributed by atoms with Gasteiger partial charge in [0.15, 0.2) is 0 Å². The maximum absolute atomic E-state index is 5.74. The van der Waals surface area contributed by atoms with Gasteiger partial charge in [-0.3, -0.25) is 0 Å². The molecule has 0 spiro atoms. The lowest BCUT2D eigenvalue weighted by Gasteiger charge is -2.22. The van der Waals surface area contributed by atoms with Crippen molar-refractivity contribution < 1.29 is 4.74 Å². The molecule has 2 heteroatoms. The molecule has 0 aliphatic heterocycles. The van der Waals surface area contributed by atoms with Crippen molar-refractivity contribution in [2.75, 3.05) is 18.5 Å². The summed E-state index contributed by atoms with van der Waals surface area (Å²) in [4.78, 5) is 0. The van der Waals surface area contributed by atoms with Crippen molar-refractivity contribution in [3.05, 3.63) is 24.3 Å². The van der Waals surface area contributed by atoms with E-state index in [2.05, 4.69) is 30.4 Å². The Morgan fingerprint density at radius 2 is 2.05 bits per heavy atom. The smallest absolute Gasteiger partial charge is 0.121 e. The first kappa shape index (κ1) is 14.2. The normalized spacial score (nSPS) is 16.3. The molecule has 1 aromatic carbocycles. The van der Waals surface area contributed by atoms with Gasteiger partial charge in [0.05, 0.1) is 6.61 Å². The van der Waals surface area contributed by atoms with Crippen molar-refractivity contribution in [1.82, 2.24) is 0 Å². The molecule has 19 heavy (non-hydrogen) atoms. The van der Waals surface area contributed by atoms with Crippen LogP contribution in [-0.4, -0.2) is 13.2 Å². The summed E-state index contributed by atoms with van der Waals surface area (Å²) in [6.45, 7) is 4.12. The van der Waals surface area contributed by atoms with Crippen LogP contribution in [0.2, 0.25) is 0 Å². The van der Waals surface area contributed by atoms with E-state index in [9.17, 15) is 0 Å².